The number of hydrogen-bond acceptors (Lipinski definition) is 3. The molecule has 0 aliphatic carbocycles. The Morgan fingerprint density at radius 2 is 2.20 bits per heavy atom. The molecule has 0 aromatic carbocycles. The van der Waals surface area contributed by atoms with Crippen molar-refractivity contribution < 1.29 is 0 Å². The van der Waals surface area contributed by atoms with Crippen molar-refractivity contribution in [3.05, 3.63) is 0 Å². The third-order valence-electron chi connectivity index (χ3n) is 3.67. The first-order valence-corrected chi connectivity index (χ1v) is 7.12. The van der Waals surface area contributed by atoms with E-state index in [1.165, 1.54) is 38.5 Å². The van der Waals surface area contributed by atoms with E-state index in [-0.39, 0.29) is 0 Å². The highest BCUT2D eigenvalue weighted by Gasteiger charge is 2.30. The summed E-state index contributed by atoms with van der Waals surface area (Å²) in [4.78, 5) is 2.67. The summed E-state index contributed by atoms with van der Waals surface area (Å²) in [6.45, 7) is 13.5. The van der Waals surface area contributed by atoms with Gasteiger partial charge in [0.15, 0.2) is 0 Å². The molecule has 15 heavy (non-hydrogen) atoms. The molecule has 0 aromatic heterocycles. The van der Waals surface area contributed by atoms with Crippen LogP contribution in [0.3, 0.4) is 0 Å². The summed E-state index contributed by atoms with van der Waals surface area (Å²) in [7, 11) is 0. The normalized spacial score (nSPS) is 29.8. The lowest BCUT2D eigenvalue weighted by Crippen LogP contribution is -2.51. The Balaban J connectivity index is 1.78. The van der Waals surface area contributed by atoms with Gasteiger partial charge in [0.05, 0.1) is 0 Å². The van der Waals surface area contributed by atoms with E-state index in [0.29, 0.717) is 4.75 Å². The van der Waals surface area contributed by atoms with Crippen molar-refractivity contribution in [1.29, 1.82) is 0 Å². The Kier molecular flexibility index (Phi) is 3.63. The van der Waals surface area contributed by atoms with E-state index in [0.717, 1.165) is 11.8 Å². The molecular formula is C12H24N2S. The van der Waals surface area contributed by atoms with E-state index in [4.69, 9.17) is 0 Å². The number of nitrogens with one attached hydrogen (secondary N) is 1. The first-order chi connectivity index (χ1) is 7.07. The SMILES string of the molecule is CC(CN1CCSC(C)(C)C1)C1CNC1. The van der Waals surface area contributed by atoms with Gasteiger partial charge in [-0.2, -0.15) is 11.8 Å². The van der Waals surface area contributed by atoms with Crippen molar-refractivity contribution in [2.75, 3.05) is 38.5 Å². The summed E-state index contributed by atoms with van der Waals surface area (Å²) in [5.74, 6) is 3.11. The lowest BCUT2D eigenvalue weighted by Gasteiger charge is -2.41. The highest BCUT2D eigenvalue weighted by atomic mass is 32.2. The minimum absolute atomic E-state index is 0.468. The average Bonchev–Trinajstić information content (AvgIpc) is 1.97. The molecule has 2 aliphatic heterocycles. The zero-order valence-electron chi connectivity index (χ0n) is 10.3. The molecular weight excluding hydrogens is 204 g/mol. The molecule has 0 aromatic rings. The Bertz CT molecular complexity index is 214. The van der Waals surface area contributed by atoms with Crippen molar-refractivity contribution >= 4 is 11.8 Å². The van der Waals surface area contributed by atoms with Gasteiger partial charge in [0.1, 0.15) is 0 Å². The van der Waals surface area contributed by atoms with Gasteiger partial charge in [0, 0.05) is 30.1 Å². The number of nitrogens with zero attached hydrogens (tertiary/aromatic N) is 1. The van der Waals surface area contributed by atoms with Crippen molar-refractivity contribution in [2.24, 2.45) is 11.8 Å². The van der Waals surface area contributed by atoms with E-state index in [1.807, 2.05) is 0 Å². The summed E-state index contributed by atoms with van der Waals surface area (Å²) in [5.41, 5.74) is 0. The van der Waals surface area contributed by atoms with Gasteiger partial charge >= 0.3 is 0 Å². The van der Waals surface area contributed by atoms with Gasteiger partial charge in [0.2, 0.25) is 0 Å². The van der Waals surface area contributed by atoms with Crippen LogP contribution < -0.4 is 5.32 Å². The molecule has 2 rings (SSSR count). The number of rotatable bonds is 3. The zero-order chi connectivity index (χ0) is 10.9. The topological polar surface area (TPSA) is 15.3 Å². The number of hydrogen-bond donors (Lipinski definition) is 1. The monoisotopic (exact) mass is 228 g/mol. The standard InChI is InChI=1S/C12H24N2S/c1-10(11-6-13-7-11)8-14-4-5-15-12(2,3)9-14/h10-11,13H,4-9H2,1-3H3. The fourth-order valence-electron chi connectivity index (χ4n) is 2.54. The van der Waals surface area contributed by atoms with Gasteiger partial charge in [-0.25, -0.2) is 0 Å². The van der Waals surface area contributed by atoms with Crippen molar-refractivity contribution in [3.63, 3.8) is 0 Å². The van der Waals surface area contributed by atoms with Crippen LogP contribution in [0.15, 0.2) is 0 Å². The van der Waals surface area contributed by atoms with Gasteiger partial charge in [-0.3, -0.25) is 0 Å². The fraction of sp³-hybridized carbons (Fsp3) is 1.00. The Morgan fingerprint density at radius 3 is 2.73 bits per heavy atom. The molecule has 1 atom stereocenters. The molecule has 2 heterocycles. The van der Waals surface area contributed by atoms with Gasteiger partial charge in [-0.1, -0.05) is 6.92 Å². The van der Waals surface area contributed by atoms with Crippen LogP contribution in [-0.4, -0.2) is 48.1 Å². The van der Waals surface area contributed by atoms with E-state index < -0.39 is 0 Å². The van der Waals surface area contributed by atoms with Crippen LogP contribution in [0.5, 0.6) is 0 Å². The first-order valence-electron chi connectivity index (χ1n) is 6.14. The van der Waals surface area contributed by atoms with E-state index in [1.54, 1.807) is 0 Å². The molecule has 2 aliphatic rings. The summed E-state index contributed by atoms with van der Waals surface area (Å²) >= 11 is 2.13. The second-order valence-corrected chi connectivity index (χ2v) is 7.54. The maximum absolute atomic E-state index is 3.37. The van der Waals surface area contributed by atoms with Crippen LogP contribution in [0.2, 0.25) is 0 Å². The quantitative estimate of drug-likeness (QED) is 0.791. The van der Waals surface area contributed by atoms with Crippen LogP contribution in [0.25, 0.3) is 0 Å². The molecule has 0 bridgehead atoms. The van der Waals surface area contributed by atoms with E-state index in [9.17, 15) is 0 Å². The van der Waals surface area contributed by atoms with Gasteiger partial charge in [-0.15, -0.1) is 0 Å². The second-order valence-electron chi connectivity index (χ2n) is 5.74. The lowest BCUT2D eigenvalue weighted by atomic mass is 9.88. The predicted molar refractivity (Wildman–Crippen MR) is 68.5 cm³/mol. The Labute approximate surface area is 98.2 Å². The molecule has 0 amide bonds. The fourth-order valence-corrected chi connectivity index (χ4v) is 3.72. The highest BCUT2D eigenvalue weighted by molar-refractivity contribution is 8.00. The van der Waals surface area contributed by atoms with Crippen LogP contribution in [-0.2, 0) is 0 Å². The molecule has 2 fully saturated rings. The molecule has 2 nitrogen and oxygen atoms in total. The Hall–Kier alpha value is 0.270. The van der Waals surface area contributed by atoms with E-state index in [2.05, 4.69) is 42.7 Å². The largest absolute Gasteiger partial charge is 0.316 e. The first kappa shape index (κ1) is 11.7. The third kappa shape index (κ3) is 3.11. The molecule has 88 valence electrons. The predicted octanol–water partition coefficient (Wildman–Crippen LogP) is 1.67. The van der Waals surface area contributed by atoms with Gasteiger partial charge < -0.3 is 10.2 Å². The smallest absolute Gasteiger partial charge is 0.0231 e. The minimum Gasteiger partial charge on any atom is -0.316 e. The summed E-state index contributed by atoms with van der Waals surface area (Å²) < 4.78 is 0.468. The highest BCUT2D eigenvalue weighted by Crippen LogP contribution is 2.30. The van der Waals surface area contributed by atoms with Crippen LogP contribution in [0.4, 0.5) is 0 Å². The lowest BCUT2D eigenvalue weighted by molar-refractivity contribution is 0.161. The molecule has 1 N–H and O–H groups in total. The third-order valence-corrected chi connectivity index (χ3v) is 4.97. The molecule has 1 unspecified atom stereocenters. The molecule has 0 spiro atoms. The van der Waals surface area contributed by atoms with Gasteiger partial charge in [-0.05, 0) is 38.8 Å². The van der Waals surface area contributed by atoms with Crippen LogP contribution in [0, 0.1) is 11.8 Å². The molecule has 3 heteroatoms. The maximum atomic E-state index is 3.37. The Morgan fingerprint density at radius 1 is 1.47 bits per heavy atom. The maximum Gasteiger partial charge on any atom is 0.0231 e. The summed E-state index contributed by atoms with van der Waals surface area (Å²) in [5, 5.41) is 3.37. The average molecular weight is 228 g/mol. The minimum atomic E-state index is 0.468. The second kappa shape index (κ2) is 4.64. The van der Waals surface area contributed by atoms with Crippen molar-refractivity contribution in [3.8, 4) is 0 Å². The summed E-state index contributed by atoms with van der Waals surface area (Å²) in [6, 6.07) is 0. The zero-order valence-corrected chi connectivity index (χ0v) is 11.1. The van der Waals surface area contributed by atoms with E-state index >= 15 is 0 Å². The van der Waals surface area contributed by atoms with Crippen molar-refractivity contribution in [2.45, 2.75) is 25.5 Å². The summed E-state index contributed by atoms with van der Waals surface area (Å²) in [6.07, 6.45) is 0. The molecule has 2 saturated heterocycles. The van der Waals surface area contributed by atoms with Crippen molar-refractivity contribution in [1.82, 2.24) is 10.2 Å². The molecule has 0 radical (unpaired) electrons. The van der Waals surface area contributed by atoms with Crippen LogP contribution in [0.1, 0.15) is 20.8 Å². The number of thioether (sulfide) groups is 1. The molecule has 0 saturated carbocycles. The van der Waals surface area contributed by atoms with Crippen LogP contribution >= 0.6 is 11.8 Å². The van der Waals surface area contributed by atoms with Gasteiger partial charge in [0.25, 0.3) is 0 Å².